The number of allylic oxidation sites excluding steroid dienone is 4. The quantitative estimate of drug-likeness (QED) is 0.561. The molecule has 0 aromatic heterocycles. The van der Waals surface area contributed by atoms with E-state index in [2.05, 4.69) is 11.7 Å². The second-order valence-electron chi connectivity index (χ2n) is 3.26. The van der Waals surface area contributed by atoms with Crippen LogP contribution in [0.1, 0.15) is 6.92 Å². The summed E-state index contributed by atoms with van der Waals surface area (Å²) in [6.07, 6.45) is 6.37. The first kappa shape index (κ1) is 12.2. The van der Waals surface area contributed by atoms with Crippen molar-refractivity contribution in [3.63, 3.8) is 0 Å². The Bertz CT molecular complexity index is 392. The molecule has 0 saturated carbocycles. The lowest BCUT2D eigenvalue weighted by Crippen LogP contribution is -2.35. The fraction of sp³-hybridized carbons (Fsp3) is 0.182. The van der Waals surface area contributed by atoms with E-state index in [9.17, 15) is 9.50 Å². The number of aliphatic imine (C=N–C) groups is 1. The van der Waals surface area contributed by atoms with Crippen LogP contribution >= 0.6 is 0 Å². The van der Waals surface area contributed by atoms with Gasteiger partial charge < -0.3 is 15.7 Å². The third kappa shape index (κ3) is 2.80. The normalized spacial score (nSPS) is 22.1. The number of nitrogens with zero attached hydrogens (tertiary/aromatic N) is 2. The van der Waals surface area contributed by atoms with Gasteiger partial charge >= 0.3 is 0 Å². The summed E-state index contributed by atoms with van der Waals surface area (Å²) in [6.45, 7) is 4.59. The molecule has 0 bridgehead atoms. The van der Waals surface area contributed by atoms with E-state index in [1.165, 1.54) is 24.1 Å². The maximum absolute atomic E-state index is 12.8. The molecular weight excluding hydrogens is 209 g/mol. The van der Waals surface area contributed by atoms with Crippen molar-refractivity contribution in [2.45, 2.75) is 13.2 Å². The molecule has 1 aliphatic rings. The predicted molar refractivity (Wildman–Crippen MR) is 61.8 cm³/mol. The van der Waals surface area contributed by atoms with Crippen LogP contribution in [0.2, 0.25) is 0 Å². The smallest absolute Gasteiger partial charge is 0.171 e. The SMILES string of the molecule is C=N/C=C(\C=C(/C)F)N1C=CC=C(N)C1O. The molecular formula is C11H14FN3O. The molecule has 0 aromatic carbocycles. The summed E-state index contributed by atoms with van der Waals surface area (Å²) in [6, 6.07) is 0. The lowest BCUT2D eigenvalue weighted by Gasteiger charge is -2.29. The van der Waals surface area contributed by atoms with E-state index in [1.807, 2.05) is 0 Å². The number of nitrogens with two attached hydrogens (primary N) is 1. The maximum Gasteiger partial charge on any atom is 0.171 e. The highest BCUT2D eigenvalue weighted by Crippen LogP contribution is 2.19. The molecule has 0 aromatic rings. The summed E-state index contributed by atoms with van der Waals surface area (Å²) in [4.78, 5) is 4.95. The van der Waals surface area contributed by atoms with Gasteiger partial charge in [0.1, 0.15) is 0 Å². The van der Waals surface area contributed by atoms with E-state index in [4.69, 9.17) is 5.73 Å². The third-order valence-electron chi connectivity index (χ3n) is 1.97. The Labute approximate surface area is 93.6 Å². The van der Waals surface area contributed by atoms with Crippen LogP contribution in [-0.4, -0.2) is 23.0 Å². The Hall–Kier alpha value is -1.88. The second kappa shape index (κ2) is 5.27. The van der Waals surface area contributed by atoms with Crippen LogP contribution in [0.15, 0.2) is 52.8 Å². The van der Waals surface area contributed by atoms with Crippen molar-refractivity contribution in [2.24, 2.45) is 10.7 Å². The molecule has 5 heteroatoms. The fourth-order valence-electron chi connectivity index (χ4n) is 1.28. The Kier molecular flexibility index (Phi) is 4.02. The van der Waals surface area contributed by atoms with Gasteiger partial charge in [-0.3, -0.25) is 4.99 Å². The summed E-state index contributed by atoms with van der Waals surface area (Å²) < 4.78 is 12.8. The lowest BCUT2D eigenvalue weighted by molar-refractivity contribution is 0.0921. The summed E-state index contributed by atoms with van der Waals surface area (Å²) in [5.41, 5.74) is 6.21. The first-order valence-corrected chi connectivity index (χ1v) is 4.66. The van der Waals surface area contributed by atoms with Crippen LogP contribution in [0, 0.1) is 0 Å². The van der Waals surface area contributed by atoms with Crippen molar-refractivity contribution in [2.75, 3.05) is 0 Å². The van der Waals surface area contributed by atoms with Crippen LogP contribution in [0.25, 0.3) is 0 Å². The highest BCUT2D eigenvalue weighted by atomic mass is 19.1. The van der Waals surface area contributed by atoms with Gasteiger partial charge in [0.15, 0.2) is 6.23 Å². The van der Waals surface area contributed by atoms with Gasteiger partial charge in [-0.05, 0) is 31.9 Å². The van der Waals surface area contributed by atoms with E-state index in [0.717, 1.165) is 0 Å². The number of hydrogen-bond donors (Lipinski definition) is 2. The molecule has 0 saturated heterocycles. The highest BCUT2D eigenvalue weighted by molar-refractivity contribution is 5.32. The maximum atomic E-state index is 12.8. The topological polar surface area (TPSA) is 61.8 Å². The molecule has 0 radical (unpaired) electrons. The molecule has 0 amide bonds. The van der Waals surface area contributed by atoms with Crippen molar-refractivity contribution < 1.29 is 9.50 Å². The van der Waals surface area contributed by atoms with Crippen LogP contribution < -0.4 is 5.73 Å². The molecule has 1 rings (SSSR count). The predicted octanol–water partition coefficient (Wildman–Crippen LogP) is 1.39. The molecule has 1 atom stereocenters. The molecule has 86 valence electrons. The van der Waals surface area contributed by atoms with Crippen molar-refractivity contribution in [1.82, 2.24) is 4.90 Å². The zero-order valence-corrected chi connectivity index (χ0v) is 8.97. The van der Waals surface area contributed by atoms with Gasteiger partial charge in [-0.15, -0.1) is 0 Å². The molecule has 0 fully saturated rings. The van der Waals surface area contributed by atoms with Gasteiger partial charge in [-0.1, -0.05) is 0 Å². The fourth-order valence-corrected chi connectivity index (χ4v) is 1.28. The Balaban J connectivity index is 3.02. The molecule has 0 aliphatic carbocycles. The largest absolute Gasteiger partial charge is 0.398 e. The van der Waals surface area contributed by atoms with Crippen LogP contribution in [0.5, 0.6) is 0 Å². The summed E-state index contributed by atoms with van der Waals surface area (Å²) in [5, 5.41) is 9.77. The monoisotopic (exact) mass is 223 g/mol. The number of aliphatic hydroxyl groups is 1. The van der Waals surface area contributed by atoms with Gasteiger partial charge in [-0.25, -0.2) is 4.39 Å². The molecule has 1 aliphatic heterocycles. The Morgan fingerprint density at radius 3 is 3.00 bits per heavy atom. The number of rotatable bonds is 3. The average Bonchev–Trinajstić information content (AvgIpc) is 2.21. The zero-order valence-electron chi connectivity index (χ0n) is 8.97. The minimum absolute atomic E-state index is 0.280. The van der Waals surface area contributed by atoms with E-state index in [1.54, 1.807) is 18.4 Å². The first-order chi connectivity index (χ1) is 7.56. The highest BCUT2D eigenvalue weighted by Gasteiger charge is 2.19. The van der Waals surface area contributed by atoms with E-state index in [0.29, 0.717) is 5.70 Å². The van der Waals surface area contributed by atoms with Crippen LogP contribution in [-0.2, 0) is 0 Å². The average molecular weight is 223 g/mol. The number of aliphatic hydroxyl groups excluding tert-OH is 1. The zero-order chi connectivity index (χ0) is 12.1. The minimum Gasteiger partial charge on any atom is -0.398 e. The van der Waals surface area contributed by atoms with Crippen LogP contribution in [0.3, 0.4) is 0 Å². The minimum atomic E-state index is -1.02. The summed E-state index contributed by atoms with van der Waals surface area (Å²) >= 11 is 0. The Morgan fingerprint density at radius 1 is 1.75 bits per heavy atom. The van der Waals surface area contributed by atoms with Crippen molar-refractivity contribution in [1.29, 1.82) is 0 Å². The first-order valence-electron chi connectivity index (χ1n) is 4.66. The van der Waals surface area contributed by atoms with Gasteiger partial charge in [-0.2, -0.15) is 0 Å². The molecule has 0 spiro atoms. The molecule has 1 unspecified atom stereocenters. The van der Waals surface area contributed by atoms with E-state index >= 15 is 0 Å². The molecule has 1 heterocycles. The lowest BCUT2D eigenvalue weighted by atomic mass is 10.2. The molecule has 3 N–H and O–H groups in total. The van der Waals surface area contributed by atoms with Crippen LogP contribution in [0.4, 0.5) is 4.39 Å². The van der Waals surface area contributed by atoms with Gasteiger partial charge in [0, 0.05) is 12.4 Å². The summed E-state index contributed by atoms with van der Waals surface area (Å²) in [5.74, 6) is -0.399. The second-order valence-corrected chi connectivity index (χ2v) is 3.26. The third-order valence-corrected chi connectivity index (χ3v) is 1.97. The molecule has 16 heavy (non-hydrogen) atoms. The standard InChI is InChI=1S/C11H14FN3O/c1-8(12)6-9(7-14-2)15-5-3-4-10(13)11(15)16/h3-7,11,16H,2,13H2,1H3/b8-6+,9-7+. The van der Waals surface area contributed by atoms with Gasteiger partial charge in [0.25, 0.3) is 0 Å². The molecule has 4 nitrogen and oxygen atoms in total. The Morgan fingerprint density at radius 2 is 2.44 bits per heavy atom. The summed E-state index contributed by atoms with van der Waals surface area (Å²) in [7, 11) is 0. The number of hydrogen-bond acceptors (Lipinski definition) is 4. The number of halogens is 1. The van der Waals surface area contributed by atoms with E-state index < -0.39 is 12.1 Å². The van der Waals surface area contributed by atoms with Gasteiger partial charge in [0.05, 0.1) is 17.2 Å². The van der Waals surface area contributed by atoms with Crippen molar-refractivity contribution in [3.05, 3.63) is 47.8 Å². The van der Waals surface area contributed by atoms with E-state index in [-0.39, 0.29) is 5.70 Å². The van der Waals surface area contributed by atoms with Crippen molar-refractivity contribution >= 4 is 6.72 Å². The van der Waals surface area contributed by atoms with Gasteiger partial charge in [0.2, 0.25) is 0 Å². The van der Waals surface area contributed by atoms with Crippen molar-refractivity contribution in [3.8, 4) is 0 Å².